The van der Waals surface area contributed by atoms with Gasteiger partial charge in [0, 0.05) is 6.54 Å². The summed E-state index contributed by atoms with van der Waals surface area (Å²) < 4.78 is 5.95. The third kappa shape index (κ3) is 2.28. The summed E-state index contributed by atoms with van der Waals surface area (Å²) in [6.45, 7) is 0.597. The van der Waals surface area contributed by atoms with Crippen molar-refractivity contribution in [3.63, 3.8) is 0 Å². The molecule has 0 atom stereocenters. The lowest BCUT2D eigenvalue weighted by Crippen LogP contribution is -2.20. The van der Waals surface area contributed by atoms with Crippen LogP contribution in [0.2, 0.25) is 0 Å². The van der Waals surface area contributed by atoms with E-state index in [1.165, 1.54) is 37.0 Å². The molecule has 1 aliphatic rings. The van der Waals surface area contributed by atoms with E-state index in [1.54, 1.807) is 11.3 Å². The molecule has 1 aromatic heterocycles. The van der Waals surface area contributed by atoms with Crippen LogP contribution in [0.5, 0.6) is 5.75 Å². The maximum absolute atomic E-state index is 5.95. The fourth-order valence-corrected chi connectivity index (χ4v) is 2.63. The van der Waals surface area contributed by atoms with Gasteiger partial charge in [0.2, 0.25) is 0 Å². The first-order chi connectivity index (χ1) is 6.90. The molecule has 3 heteroatoms. The number of rotatable bonds is 3. The van der Waals surface area contributed by atoms with E-state index in [1.807, 2.05) is 6.07 Å². The molecule has 1 saturated carbocycles. The Morgan fingerprint density at radius 2 is 2.14 bits per heavy atom. The van der Waals surface area contributed by atoms with Gasteiger partial charge in [-0.25, -0.2) is 0 Å². The highest BCUT2D eigenvalue weighted by atomic mass is 32.1. The van der Waals surface area contributed by atoms with Crippen LogP contribution in [0.3, 0.4) is 0 Å². The smallest absolute Gasteiger partial charge is 0.134 e. The highest BCUT2D eigenvalue weighted by Gasteiger charge is 2.16. The second kappa shape index (κ2) is 4.80. The van der Waals surface area contributed by atoms with Gasteiger partial charge in [0.1, 0.15) is 5.75 Å². The molecule has 1 aromatic rings. The number of ether oxygens (including phenoxy) is 1. The molecule has 0 aliphatic heterocycles. The maximum atomic E-state index is 5.95. The van der Waals surface area contributed by atoms with E-state index in [4.69, 9.17) is 10.5 Å². The van der Waals surface area contributed by atoms with Crippen molar-refractivity contribution in [2.24, 2.45) is 5.73 Å². The lowest BCUT2D eigenvalue weighted by atomic mass is 9.98. The number of nitrogens with two attached hydrogens (primary N) is 1. The molecule has 1 heterocycles. The highest BCUT2D eigenvalue weighted by Crippen LogP contribution is 2.28. The highest BCUT2D eigenvalue weighted by molar-refractivity contribution is 7.10. The van der Waals surface area contributed by atoms with Gasteiger partial charge in [-0.15, -0.1) is 11.3 Å². The predicted molar refractivity (Wildman–Crippen MR) is 59.7 cm³/mol. The van der Waals surface area contributed by atoms with E-state index in [9.17, 15) is 0 Å². The van der Waals surface area contributed by atoms with Gasteiger partial charge in [0.05, 0.1) is 11.0 Å². The third-order valence-electron chi connectivity index (χ3n) is 2.74. The Labute approximate surface area is 89.1 Å². The molecule has 0 saturated heterocycles. The lowest BCUT2D eigenvalue weighted by molar-refractivity contribution is 0.154. The predicted octanol–water partition coefficient (Wildman–Crippen LogP) is 2.92. The molecule has 0 radical (unpaired) electrons. The molecule has 14 heavy (non-hydrogen) atoms. The first-order valence-electron chi connectivity index (χ1n) is 5.33. The fourth-order valence-electron chi connectivity index (χ4n) is 1.95. The number of hydrogen-bond acceptors (Lipinski definition) is 3. The Morgan fingerprint density at radius 1 is 1.36 bits per heavy atom. The normalized spacial score (nSPS) is 18.4. The molecule has 0 bridgehead atoms. The number of thiophene rings is 1. The average molecular weight is 211 g/mol. The topological polar surface area (TPSA) is 35.2 Å². The van der Waals surface area contributed by atoms with E-state index in [-0.39, 0.29) is 0 Å². The summed E-state index contributed by atoms with van der Waals surface area (Å²) in [5, 5.41) is 2.06. The van der Waals surface area contributed by atoms with Crippen LogP contribution in [0.4, 0.5) is 0 Å². The van der Waals surface area contributed by atoms with Crippen LogP contribution in [0.15, 0.2) is 11.4 Å². The van der Waals surface area contributed by atoms with Crippen molar-refractivity contribution in [1.82, 2.24) is 0 Å². The van der Waals surface area contributed by atoms with Gasteiger partial charge in [-0.2, -0.15) is 0 Å². The molecule has 2 rings (SSSR count). The van der Waals surface area contributed by atoms with Gasteiger partial charge < -0.3 is 10.5 Å². The maximum Gasteiger partial charge on any atom is 0.134 e. The summed E-state index contributed by atoms with van der Waals surface area (Å²) in [6.07, 6.45) is 6.84. The minimum absolute atomic E-state index is 0.434. The van der Waals surface area contributed by atoms with Crippen molar-refractivity contribution in [3.05, 3.63) is 16.3 Å². The summed E-state index contributed by atoms with van der Waals surface area (Å²) >= 11 is 1.69. The minimum atomic E-state index is 0.434. The molecule has 1 aliphatic carbocycles. The zero-order chi connectivity index (χ0) is 9.80. The third-order valence-corrected chi connectivity index (χ3v) is 3.66. The first-order valence-corrected chi connectivity index (χ1v) is 6.21. The second-order valence-corrected chi connectivity index (χ2v) is 4.79. The molecule has 2 nitrogen and oxygen atoms in total. The Morgan fingerprint density at radius 3 is 2.86 bits per heavy atom. The van der Waals surface area contributed by atoms with Gasteiger partial charge >= 0.3 is 0 Å². The summed E-state index contributed by atoms with van der Waals surface area (Å²) in [7, 11) is 0. The van der Waals surface area contributed by atoms with Crippen molar-refractivity contribution < 1.29 is 4.74 Å². The molecule has 0 amide bonds. The molecule has 0 aromatic carbocycles. The quantitative estimate of drug-likeness (QED) is 0.834. The van der Waals surface area contributed by atoms with Crippen molar-refractivity contribution in [2.45, 2.75) is 44.8 Å². The Kier molecular flexibility index (Phi) is 3.43. The zero-order valence-electron chi connectivity index (χ0n) is 8.37. The van der Waals surface area contributed by atoms with E-state index < -0.39 is 0 Å². The zero-order valence-corrected chi connectivity index (χ0v) is 9.19. The monoisotopic (exact) mass is 211 g/mol. The SMILES string of the molecule is NCc1sccc1OC1CCCCC1. The van der Waals surface area contributed by atoms with Crippen molar-refractivity contribution in [2.75, 3.05) is 0 Å². The molecule has 2 N–H and O–H groups in total. The largest absolute Gasteiger partial charge is 0.489 e. The molecule has 1 fully saturated rings. The van der Waals surface area contributed by atoms with E-state index >= 15 is 0 Å². The van der Waals surface area contributed by atoms with Crippen LogP contribution in [0.25, 0.3) is 0 Å². The lowest BCUT2D eigenvalue weighted by Gasteiger charge is -2.22. The standard InChI is InChI=1S/C11H17NOS/c12-8-11-10(6-7-14-11)13-9-4-2-1-3-5-9/h6-7,9H,1-5,8,12H2. The summed E-state index contributed by atoms with van der Waals surface area (Å²) in [6, 6.07) is 2.04. The van der Waals surface area contributed by atoms with Crippen LogP contribution in [0.1, 0.15) is 37.0 Å². The first kappa shape index (κ1) is 9.99. The van der Waals surface area contributed by atoms with Crippen molar-refractivity contribution in [1.29, 1.82) is 0 Å². The summed E-state index contributed by atoms with van der Waals surface area (Å²) in [4.78, 5) is 1.18. The van der Waals surface area contributed by atoms with Crippen molar-refractivity contribution >= 4 is 11.3 Å². The van der Waals surface area contributed by atoms with Crippen molar-refractivity contribution in [3.8, 4) is 5.75 Å². The Bertz CT molecular complexity index is 279. The average Bonchev–Trinajstić information content (AvgIpc) is 2.67. The summed E-state index contributed by atoms with van der Waals surface area (Å²) in [5.74, 6) is 1.02. The van der Waals surface area contributed by atoms with Crippen LogP contribution in [-0.4, -0.2) is 6.10 Å². The second-order valence-electron chi connectivity index (χ2n) is 3.79. The molecule has 0 spiro atoms. The van der Waals surface area contributed by atoms with Gasteiger partial charge in [0.25, 0.3) is 0 Å². The summed E-state index contributed by atoms with van der Waals surface area (Å²) in [5.41, 5.74) is 5.63. The molecule has 78 valence electrons. The number of hydrogen-bond donors (Lipinski definition) is 1. The molecular weight excluding hydrogens is 194 g/mol. The van der Waals surface area contributed by atoms with Gasteiger partial charge in [-0.3, -0.25) is 0 Å². The van der Waals surface area contributed by atoms with E-state index in [2.05, 4.69) is 5.38 Å². The molecule has 0 unspecified atom stereocenters. The van der Waals surface area contributed by atoms with Crippen LogP contribution >= 0.6 is 11.3 Å². The van der Waals surface area contributed by atoms with Crippen LogP contribution in [-0.2, 0) is 6.54 Å². The van der Waals surface area contributed by atoms with E-state index in [0.29, 0.717) is 12.6 Å². The van der Waals surface area contributed by atoms with Gasteiger partial charge in [0.15, 0.2) is 0 Å². The molecular formula is C11H17NOS. The minimum Gasteiger partial charge on any atom is -0.489 e. The van der Waals surface area contributed by atoms with Crippen LogP contribution < -0.4 is 10.5 Å². The van der Waals surface area contributed by atoms with Gasteiger partial charge in [-0.1, -0.05) is 6.42 Å². The van der Waals surface area contributed by atoms with E-state index in [0.717, 1.165) is 5.75 Å². The Hall–Kier alpha value is -0.540. The Balaban J connectivity index is 1.95. The fraction of sp³-hybridized carbons (Fsp3) is 0.636. The van der Waals surface area contributed by atoms with Crippen LogP contribution in [0, 0.1) is 0 Å². The van der Waals surface area contributed by atoms with Gasteiger partial charge in [-0.05, 0) is 37.1 Å².